The number of thiocarbonyl (C=S) groups is 1. The van der Waals surface area contributed by atoms with E-state index in [1.807, 2.05) is 0 Å². The van der Waals surface area contributed by atoms with Crippen LogP contribution in [-0.4, -0.2) is 22.7 Å². The average molecular weight is 263 g/mol. The lowest BCUT2D eigenvalue weighted by molar-refractivity contribution is -0.134. The van der Waals surface area contributed by atoms with Crippen LogP contribution in [-0.2, 0) is 0 Å². The lowest BCUT2D eigenvalue weighted by Gasteiger charge is -2.08. The van der Waals surface area contributed by atoms with Crippen molar-refractivity contribution in [3.63, 3.8) is 0 Å². The molecule has 1 aromatic heterocycles. The highest BCUT2D eigenvalue weighted by Gasteiger charge is 2.25. The predicted octanol–water partition coefficient (Wildman–Crippen LogP) is 2.47. The topological polar surface area (TPSA) is 50.9 Å². The molecule has 0 aliphatic rings. The van der Waals surface area contributed by atoms with Gasteiger partial charge in [0.05, 0.1) is 0 Å². The lowest BCUT2D eigenvalue weighted by Crippen LogP contribution is -2.13. The van der Waals surface area contributed by atoms with Gasteiger partial charge in [-0.3, -0.25) is 0 Å². The third-order valence-corrected chi connectivity index (χ3v) is 2.22. The van der Waals surface area contributed by atoms with E-state index in [1.54, 1.807) is 12.1 Å². The monoisotopic (exact) mass is 263 g/mol. The van der Waals surface area contributed by atoms with Crippen LogP contribution in [0.1, 0.15) is 18.4 Å². The maximum Gasteiger partial charge on any atom is 0.389 e. The predicted molar refractivity (Wildman–Crippen MR) is 63.9 cm³/mol. The van der Waals surface area contributed by atoms with Crippen molar-refractivity contribution in [2.45, 2.75) is 19.0 Å². The van der Waals surface area contributed by atoms with Crippen LogP contribution in [0, 0.1) is 0 Å². The highest BCUT2D eigenvalue weighted by atomic mass is 32.1. The minimum absolute atomic E-state index is 0.00246. The zero-order chi connectivity index (χ0) is 12.9. The van der Waals surface area contributed by atoms with E-state index in [-0.39, 0.29) is 18.0 Å². The Kier molecular flexibility index (Phi) is 4.68. The Labute approximate surface area is 102 Å². The summed E-state index contributed by atoms with van der Waals surface area (Å²) in [6.07, 6.45) is -3.42. The van der Waals surface area contributed by atoms with Crippen LogP contribution in [0.3, 0.4) is 0 Å². The molecule has 3 nitrogen and oxygen atoms in total. The van der Waals surface area contributed by atoms with Crippen molar-refractivity contribution in [2.24, 2.45) is 5.73 Å². The maximum absolute atomic E-state index is 11.9. The molecule has 0 spiro atoms. The number of hydrogen-bond acceptors (Lipinski definition) is 3. The van der Waals surface area contributed by atoms with E-state index in [0.717, 1.165) is 0 Å². The Morgan fingerprint density at radius 3 is 2.76 bits per heavy atom. The molecular weight excluding hydrogens is 251 g/mol. The summed E-state index contributed by atoms with van der Waals surface area (Å²) in [6, 6.07) is 3.25. The number of alkyl halides is 3. The first-order chi connectivity index (χ1) is 7.88. The molecule has 0 aliphatic carbocycles. The number of hydrogen-bond donors (Lipinski definition) is 2. The molecule has 1 rings (SSSR count). The molecule has 0 bridgehead atoms. The minimum atomic E-state index is -4.12. The van der Waals surface area contributed by atoms with Gasteiger partial charge in [0, 0.05) is 24.7 Å². The van der Waals surface area contributed by atoms with Gasteiger partial charge in [-0.15, -0.1) is 0 Å². The fourth-order valence-corrected chi connectivity index (χ4v) is 1.31. The van der Waals surface area contributed by atoms with Crippen LogP contribution in [0.15, 0.2) is 18.3 Å². The van der Waals surface area contributed by atoms with Gasteiger partial charge in [-0.1, -0.05) is 12.2 Å². The SMILES string of the molecule is NC(=S)c1ccnc(NCCCC(F)(F)F)c1. The number of nitrogens with two attached hydrogens (primary N) is 1. The molecule has 0 saturated carbocycles. The number of pyridine rings is 1. The van der Waals surface area contributed by atoms with Crippen molar-refractivity contribution in [1.29, 1.82) is 0 Å². The van der Waals surface area contributed by atoms with Crippen molar-refractivity contribution >= 4 is 23.0 Å². The van der Waals surface area contributed by atoms with E-state index in [4.69, 9.17) is 18.0 Å². The van der Waals surface area contributed by atoms with E-state index >= 15 is 0 Å². The Morgan fingerprint density at radius 2 is 2.18 bits per heavy atom. The van der Waals surface area contributed by atoms with Crippen molar-refractivity contribution < 1.29 is 13.2 Å². The molecular formula is C10H12F3N3S. The molecule has 7 heteroatoms. The van der Waals surface area contributed by atoms with Crippen LogP contribution in [0.25, 0.3) is 0 Å². The number of anilines is 1. The van der Waals surface area contributed by atoms with Crippen LogP contribution < -0.4 is 11.1 Å². The van der Waals surface area contributed by atoms with Gasteiger partial charge < -0.3 is 11.1 Å². The number of nitrogens with one attached hydrogen (secondary N) is 1. The van der Waals surface area contributed by atoms with E-state index in [0.29, 0.717) is 11.4 Å². The number of nitrogens with zero attached hydrogens (tertiary/aromatic N) is 1. The van der Waals surface area contributed by atoms with Gasteiger partial charge >= 0.3 is 6.18 Å². The fourth-order valence-electron chi connectivity index (χ4n) is 1.19. The number of rotatable bonds is 5. The van der Waals surface area contributed by atoms with Gasteiger partial charge in [0.2, 0.25) is 0 Å². The zero-order valence-corrected chi connectivity index (χ0v) is 9.74. The highest BCUT2D eigenvalue weighted by Crippen LogP contribution is 2.21. The van der Waals surface area contributed by atoms with Crippen molar-refractivity contribution in [3.05, 3.63) is 23.9 Å². The second-order valence-electron chi connectivity index (χ2n) is 3.44. The normalized spacial score (nSPS) is 11.2. The van der Waals surface area contributed by atoms with Crippen LogP contribution in [0.2, 0.25) is 0 Å². The number of halogens is 3. The Bertz CT molecular complexity index is 393. The fraction of sp³-hybridized carbons (Fsp3) is 0.400. The van der Waals surface area contributed by atoms with Gasteiger partial charge in [0.1, 0.15) is 10.8 Å². The van der Waals surface area contributed by atoms with Crippen molar-refractivity contribution in [2.75, 3.05) is 11.9 Å². The van der Waals surface area contributed by atoms with E-state index in [9.17, 15) is 13.2 Å². The quantitative estimate of drug-likeness (QED) is 0.633. The molecule has 0 unspecified atom stereocenters. The van der Waals surface area contributed by atoms with Gasteiger partial charge in [0.15, 0.2) is 0 Å². The summed E-state index contributed by atoms with van der Waals surface area (Å²) in [5.74, 6) is 0.470. The molecule has 0 atom stereocenters. The first kappa shape index (κ1) is 13.7. The summed E-state index contributed by atoms with van der Waals surface area (Å²) in [4.78, 5) is 4.18. The molecule has 0 saturated heterocycles. The van der Waals surface area contributed by atoms with Crippen LogP contribution in [0.5, 0.6) is 0 Å². The summed E-state index contributed by atoms with van der Waals surface area (Å²) >= 11 is 4.78. The van der Waals surface area contributed by atoms with Gasteiger partial charge in [-0.05, 0) is 18.6 Å². The summed E-state index contributed by atoms with van der Waals surface area (Å²) < 4.78 is 35.6. The molecule has 0 aromatic carbocycles. The van der Waals surface area contributed by atoms with Gasteiger partial charge in [-0.2, -0.15) is 13.2 Å². The van der Waals surface area contributed by atoms with Crippen molar-refractivity contribution in [3.8, 4) is 0 Å². The van der Waals surface area contributed by atoms with Crippen LogP contribution >= 0.6 is 12.2 Å². The second-order valence-corrected chi connectivity index (χ2v) is 3.88. The average Bonchev–Trinajstić information content (AvgIpc) is 2.23. The zero-order valence-electron chi connectivity index (χ0n) is 8.92. The van der Waals surface area contributed by atoms with Crippen molar-refractivity contribution in [1.82, 2.24) is 4.98 Å². The standard InChI is InChI=1S/C10H12F3N3S/c11-10(12,13)3-1-4-15-8-6-7(9(14)17)2-5-16-8/h2,5-6H,1,3-4H2,(H2,14,17)(H,15,16). The Balaban J connectivity index is 2.42. The summed E-state index contributed by atoms with van der Waals surface area (Å²) in [5.41, 5.74) is 6.05. The summed E-state index contributed by atoms with van der Waals surface area (Å²) in [7, 11) is 0. The van der Waals surface area contributed by atoms with Gasteiger partial charge in [0.25, 0.3) is 0 Å². The van der Waals surface area contributed by atoms with E-state index in [2.05, 4.69) is 10.3 Å². The molecule has 0 amide bonds. The Hall–Kier alpha value is -1.37. The first-order valence-corrected chi connectivity index (χ1v) is 5.36. The largest absolute Gasteiger partial charge is 0.389 e. The highest BCUT2D eigenvalue weighted by molar-refractivity contribution is 7.80. The summed E-state index contributed by atoms with van der Waals surface area (Å²) in [6.45, 7) is 0.202. The molecule has 94 valence electrons. The molecule has 3 N–H and O–H groups in total. The smallest absolute Gasteiger partial charge is 0.389 e. The molecule has 17 heavy (non-hydrogen) atoms. The maximum atomic E-state index is 11.9. The minimum Gasteiger partial charge on any atom is -0.389 e. The van der Waals surface area contributed by atoms with Gasteiger partial charge in [-0.25, -0.2) is 4.98 Å². The molecule has 0 radical (unpaired) electrons. The summed E-state index contributed by atoms with van der Waals surface area (Å²) in [5, 5.41) is 2.79. The third kappa shape index (κ3) is 5.48. The van der Waals surface area contributed by atoms with E-state index in [1.165, 1.54) is 6.20 Å². The molecule has 1 heterocycles. The molecule has 1 aromatic rings. The molecule has 0 fully saturated rings. The van der Waals surface area contributed by atoms with E-state index < -0.39 is 12.6 Å². The molecule has 0 aliphatic heterocycles. The lowest BCUT2D eigenvalue weighted by atomic mass is 10.2. The number of aromatic nitrogens is 1. The third-order valence-electron chi connectivity index (χ3n) is 1.99. The second kappa shape index (κ2) is 5.81. The first-order valence-electron chi connectivity index (χ1n) is 4.95. The Morgan fingerprint density at radius 1 is 1.47 bits per heavy atom. The van der Waals surface area contributed by atoms with Crippen LogP contribution in [0.4, 0.5) is 19.0 Å².